The van der Waals surface area contributed by atoms with E-state index in [2.05, 4.69) is 54.0 Å². The highest BCUT2D eigenvalue weighted by molar-refractivity contribution is 5.82. The molecule has 6 rings (SSSR count). The first kappa shape index (κ1) is 18.5. The molecule has 2 bridgehead atoms. The van der Waals surface area contributed by atoms with Gasteiger partial charge in [-0.2, -0.15) is 0 Å². The van der Waals surface area contributed by atoms with Crippen LogP contribution in [0.5, 0.6) is 0 Å². The molecule has 0 spiro atoms. The summed E-state index contributed by atoms with van der Waals surface area (Å²) in [6, 6.07) is 21.2. The van der Waals surface area contributed by atoms with Gasteiger partial charge in [-0.25, -0.2) is 0 Å². The third kappa shape index (κ3) is 3.19. The summed E-state index contributed by atoms with van der Waals surface area (Å²) in [6.45, 7) is 7.32. The fourth-order valence-corrected chi connectivity index (χ4v) is 5.91. The quantitative estimate of drug-likeness (QED) is 0.502. The Balaban J connectivity index is 1.56. The lowest BCUT2D eigenvalue weighted by atomic mass is 9.71. The summed E-state index contributed by atoms with van der Waals surface area (Å²) in [6.07, 6.45) is 5.79. The van der Waals surface area contributed by atoms with E-state index in [-0.39, 0.29) is 6.04 Å². The van der Waals surface area contributed by atoms with Crippen molar-refractivity contribution in [2.45, 2.75) is 31.5 Å². The second-order valence-electron chi connectivity index (χ2n) is 8.88. The van der Waals surface area contributed by atoms with Crippen LogP contribution in [0.2, 0.25) is 0 Å². The standard InChI is InChI=1S/C26H29N2O/c1-2-20-18-28(17-19-8-4-3-5-9-19)15-13-21(20)16-25(28)26(29)23-12-14-27-24-11-7-6-10-22(23)24/h2-12,14,20-21,25-26,29H,1,13,15-18H2/q+1/t20?,21?,25-,26?,28?/m0/s1. The molecule has 3 nitrogen and oxygen atoms in total. The highest BCUT2D eigenvalue weighted by atomic mass is 16.3. The molecule has 3 heteroatoms. The number of aromatic nitrogens is 1. The van der Waals surface area contributed by atoms with Gasteiger partial charge in [0.2, 0.25) is 0 Å². The molecule has 3 aliphatic rings. The minimum Gasteiger partial charge on any atom is -0.382 e. The van der Waals surface area contributed by atoms with Gasteiger partial charge in [-0.1, -0.05) is 54.6 Å². The molecule has 3 fully saturated rings. The first-order valence-electron chi connectivity index (χ1n) is 10.7. The van der Waals surface area contributed by atoms with Crippen LogP contribution < -0.4 is 0 Å². The van der Waals surface area contributed by atoms with Gasteiger partial charge in [0.05, 0.1) is 18.6 Å². The highest BCUT2D eigenvalue weighted by Gasteiger charge is 2.53. The van der Waals surface area contributed by atoms with Gasteiger partial charge in [0.25, 0.3) is 0 Å². The number of rotatable bonds is 5. The van der Waals surface area contributed by atoms with Crippen molar-refractivity contribution in [1.29, 1.82) is 0 Å². The lowest BCUT2D eigenvalue weighted by molar-refractivity contribution is -0.984. The maximum Gasteiger partial charge on any atom is 0.131 e. The Kier molecular flexibility index (Phi) is 4.73. The van der Waals surface area contributed by atoms with Crippen LogP contribution in [0.25, 0.3) is 10.9 Å². The first-order chi connectivity index (χ1) is 14.2. The van der Waals surface area contributed by atoms with Gasteiger partial charge < -0.3 is 9.59 Å². The molecule has 3 aliphatic heterocycles. The van der Waals surface area contributed by atoms with E-state index >= 15 is 0 Å². The van der Waals surface area contributed by atoms with E-state index in [9.17, 15) is 5.11 Å². The Bertz CT molecular complexity index is 1010. The summed E-state index contributed by atoms with van der Waals surface area (Å²) in [4.78, 5) is 4.50. The predicted octanol–water partition coefficient (Wildman–Crippen LogP) is 4.88. The smallest absolute Gasteiger partial charge is 0.131 e. The monoisotopic (exact) mass is 385 g/mol. The number of hydrogen-bond donors (Lipinski definition) is 1. The maximum atomic E-state index is 11.7. The molecule has 2 aromatic carbocycles. The van der Waals surface area contributed by atoms with Crippen LogP contribution in [-0.4, -0.2) is 33.7 Å². The number of hydrogen-bond acceptors (Lipinski definition) is 2. The molecule has 1 aromatic heterocycles. The minimum atomic E-state index is -0.486. The van der Waals surface area contributed by atoms with Crippen molar-refractivity contribution in [1.82, 2.24) is 4.98 Å². The third-order valence-electron chi connectivity index (χ3n) is 7.38. The molecule has 148 valence electrons. The number of nitrogens with zero attached hydrogens (tertiary/aromatic N) is 2. The SMILES string of the molecule is C=CC1C[N+]2(Cc3ccccc3)CCC1C[C@H]2C(O)c1ccnc2ccccc12. The van der Waals surface area contributed by atoms with Crippen LogP contribution in [0.15, 0.2) is 79.5 Å². The van der Waals surface area contributed by atoms with E-state index in [1.807, 2.05) is 30.5 Å². The Hall–Kier alpha value is -2.49. The van der Waals surface area contributed by atoms with Crippen LogP contribution in [0.1, 0.15) is 30.1 Å². The Morgan fingerprint density at radius 3 is 2.72 bits per heavy atom. The van der Waals surface area contributed by atoms with Crippen molar-refractivity contribution in [3.8, 4) is 0 Å². The van der Waals surface area contributed by atoms with Gasteiger partial charge in [0.15, 0.2) is 0 Å². The molecule has 4 unspecified atom stereocenters. The zero-order valence-electron chi connectivity index (χ0n) is 16.8. The first-order valence-corrected chi connectivity index (χ1v) is 10.7. The summed E-state index contributed by atoms with van der Waals surface area (Å²) in [5.74, 6) is 1.18. The van der Waals surface area contributed by atoms with Crippen LogP contribution in [0, 0.1) is 11.8 Å². The summed E-state index contributed by atoms with van der Waals surface area (Å²) in [5.41, 5.74) is 3.33. The van der Waals surface area contributed by atoms with Crippen LogP contribution in [0.4, 0.5) is 0 Å². The second kappa shape index (κ2) is 7.40. The molecule has 0 radical (unpaired) electrons. The van der Waals surface area contributed by atoms with Crippen molar-refractivity contribution in [2.75, 3.05) is 13.1 Å². The second-order valence-corrected chi connectivity index (χ2v) is 8.88. The van der Waals surface area contributed by atoms with Gasteiger partial charge >= 0.3 is 0 Å². The van der Waals surface area contributed by atoms with Crippen LogP contribution >= 0.6 is 0 Å². The van der Waals surface area contributed by atoms with Crippen molar-refractivity contribution in [3.05, 3.63) is 90.6 Å². The van der Waals surface area contributed by atoms with Crippen LogP contribution in [0.3, 0.4) is 0 Å². The number of pyridine rings is 1. The summed E-state index contributed by atoms with van der Waals surface area (Å²) >= 11 is 0. The van der Waals surface area contributed by atoms with E-state index in [4.69, 9.17) is 0 Å². The summed E-state index contributed by atoms with van der Waals surface area (Å²) in [5, 5.41) is 12.8. The van der Waals surface area contributed by atoms with E-state index in [0.29, 0.717) is 11.8 Å². The van der Waals surface area contributed by atoms with Gasteiger partial charge in [-0.05, 0) is 23.6 Å². The van der Waals surface area contributed by atoms with Gasteiger partial charge in [0.1, 0.15) is 18.7 Å². The van der Waals surface area contributed by atoms with E-state index < -0.39 is 6.10 Å². The Morgan fingerprint density at radius 1 is 1.10 bits per heavy atom. The fourth-order valence-electron chi connectivity index (χ4n) is 5.91. The van der Waals surface area contributed by atoms with Gasteiger partial charge in [0, 0.05) is 35.9 Å². The fraction of sp³-hybridized carbons (Fsp3) is 0.346. The molecule has 3 aromatic rings. The Morgan fingerprint density at radius 2 is 1.90 bits per heavy atom. The number of piperidine rings is 3. The lowest BCUT2D eigenvalue weighted by Gasteiger charge is -2.58. The third-order valence-corrected chi connectivity index (χ3v) is 7.38. The largest absolute Gasteiger partial charge is 0.382 e. The highest BCUT2D eigenvalue weighted by Crippen LogP contribution is 2.47. The molecular formula is C26H29N2O+. The van der Waals surface area contributed by atoms with Gasteiger partial charge in [-0.3, -0.25) is 4.98 Å². The molecule has 0 aliphatic carbocycles. The molecule has 1 N–H and O–H groups in total. The van der Waals surface area contributed by atoms with E-state index in [1.165, 1.54) is 12.0 Å². The molecule has 4 heterocycles. The van der Waals surface area contributed by atoms with Crippen molar-refractivity contribution in [2.24, 2.45) is 11.8 Å². The number of quaternary nitrogens is 1. The van der Waals surface area contributed by atoms with Gasteiger partial charge in [-0.15, -0.1) is 6.58 Å². The van der Waals surface area contributed by atoms with E-state index in [0.717, 1.165) is 47.0 Å². The maximum absolute atomic E-state index is 11.7. The average Bonchev–Trinajstić information content (AvgIpc) is 2.78. The van der Waals surface area contributed by atoms with Crippen molar-refractivity contribution in [3.63, 3.8) is 0 Å². The summed E-state index contributed by atoms with van der Waals surface area (Å²) < 4.78 is 0.953. The van der Waals surface area contributed by atoms with Crippen molar-refractivity contribution >= 4 is 10.9 Å². The number of fused-ring (bicyclic) bond motifs is 4. The topological polar surface area (TPSA) is 33.1 Å². The number of para-hydroxylation sites is 1. The number of benzene rings is 2. The van der Waals surface area contributed by atoms with E-state index in [1.54, 1.807) is 0 Å². The normalized spacial score (nSPS) is 29.6. The van der Waals surface area contributed by atoms with Crippen molar-refractivity contribution < 1.29 is 9.59 Å². The molecule has 29 heavy (non-hydrogen) atoms. The molecule has 0 saturated carbocycles. The zero-order valence-corrected chi connectivity index (χ0v) is 16.8. The number of aliphatic hydroxyl groups excluding tert-OH is 1. The van der Waals surface area contributed by atoms with Crippen LogP contribution in [-0.2, 0) is 6.54 Å². The summed E-state index contributed by atoms with van der Waals surface area (Å²) in [7, 11) is 0. The number of aliphatic hydroxyl groups is 1. The molecular weight excluding hydrogens is 356 g/mol. The Labute approximate surface area is 172 Å². The zero-order chi connectivity index (χ0) is 19.8. The molecule has 5 atom stereocenters. The molecule has 3 saturated heterocycles. The predicted molar refractivity (Wildman–Crippen MR) is 117 cm³/mol. The molecule has 0 amide bonds. The minimum absolute atomic E-state index is 0.205. The average molecular weight is 386 g/mol. The lowest BCUT2D eigenvalue weighted by Crippen LogP contribution is -2.67.